The van der Waals surface area contributed by atoms with Crippen LogP contribution in [-0.2, 0) is 14.6 Å². The molecule has 0 heterocycles. The largest absolute Gasteiger partial charge is 0.465 e. The minimum Gasteiger partial charge on any atom is -0.465 e. The van der Waals surface area contributed by atoms with E-state index >= 15 is 0 Å². The first kappa shape index (κ1) is 17.5. The van der Waals surface area contributed by atoms with Crippen LogP contribution in [-0.4, -0.2) is 32.9 Å². The molecule has 0 aliphatic carbocycles. The van der Waals surface area contributed by atoms with Crippen LogP contribution in [0.5, 0.6) is 0 Å². The summed E-state index contributed by atoms with van der Waals surface area (Å²) in [5, 5.41) is 10.9. The van der Waals surface area contributed by atoms with E-state index in [1.165, 1.54) is 25.3 Å². The highest BCUT2D eigenvalue weighted by Crippen LogP contribution is 2.27. The first-order chi connectivity index (χ1) is 10.7. The van der Waals surface area contributed by atoms with Gasteiger partial charge in [0.2, 0.25) is 0 Å². The molecule has 0 saturated carbocycles. The average Bonchev–Trinajstić information content (AvgIpc) is 2.52. The second-order valence-electron chi connectivity index (χ2n) is 5.01. The van der Waals surface area contributed by atoms with Gasteiger partial charge in [-0.1, -0.05) is 23.7 Å². The number of rotatable bonds is 4. The minimum atomic E-state index is -3.56. The summed E-state index contributed by atoms with van der Waals surface area (Å²) in [7, 11) is -2.36. The van der Waals surface area contributed by atoms with Crippen LogP contribution in [0.3, 0.4) is 0 Å². The normalized spacial score (nSPS) is 12.7. The number of esters is 1. The molecular formula is C16H15ClO5S. The Morgan fingerprint density at radius 3 is 2.43 bits per heavy atom. The Balaban J connectivity index is 2.59. The van der Waals surface area contributed by atoms with Gasteiger partial charge < -0.3 is 9.84 Å². The lowest BCUT2D eigenvalue weighted by Gasteiger charge is -2.14. The van der Waals surface area contributed by atoms with Crippen LogP contribution >= 0.6 is 11.6 Å². The van der Waals surface area contributed by atoms with Gasteiger partial charge in [0.05, 0.1) is 17.6 Å². The van der Waals surface area contributed by atoms with E-state index in [1.54, 1.807) is 24.3 Å². The van der Waals surface area contributed by atoms with Crippen LogP contribution in [0.25, 0.3) is 0 Å². The molecule has 1 unspecified atom stereocenters. The van der Waals surface area contributed by atoms with E-state index in [1.807, 2.05) is 0 Å². The number of aliphatic hydroxyl groups is 1. The van der Waals surface area contributed by atoms with Crippen molar-refractivity contribution in [3.63, 3.8) is 0 Å². The molecular weight excluding hydrogens is 340 g/mol. The highest BCUT2D eigenvalue weighted by Gasteiger charge is 2.19. The Labute approximate surface area is 139 Å². The number of aliphatic hydroxyl groups excluding tert-OH is 1. The van der Waals surface area contributed by atoms with Gasteiger partial charge in [-0.2, -0.15) is 0 Å². The fraction of sp³-hybridized carbons (Fsp3) is 0.188. The molecule has 7 heteroatoms. The fourth-order valence-corrected chi connectivity index (χ4v) is 2.99. The number of ether oxygens (including phenoxy) is 1. The van der Waals surface area contributed by atoms with Crippen molar-refractivity contribution in [2.75, 3.05) is 13.4 Å². The van der Waals surface area contributed by atoms with E-state index in [0.29, 0.717) is 10.6 Å². The molecule has 0 aliphatic rings. The second-order valence-corrected chi connectivity index (χ2v) is 7.46. The summed E-state index contributed by atoms with van der Waals surface area (Å²) >= 11 is 5.90. The van der Waals surface area contributed by atoms with E-state index in [4.69, 9.17) is 11.6 Å². The van der Waals surface area contributed by atoms with Crippen LogP contribution in [0.1, 0.15) is 27.6 Å². The summed E-state index contributed by atoms with van der Waals surface area (Å²) in [5.41, 5.74) is 0.793. The third-order valence-electron chi connectivity index (χ3n) is 3.26. The molecule has 2 rings (SSSR count). The lowest BCUT2D eigenvalue weighted by Crippen LogP contribution is -2.08. The number of benzene rings is 2. The molecule has 2 aromatic rings. The van der Waals surface area contributed by atoms with Gasteiger partial charge in [-0.3, -0.25) is 0 Å². The van der Waals surface area contributed by atoms with Gasteiger partial charge in [0, 0.05) is 11.3 Å². The molecule has 5 nitrogen and oxygen atoms in total. The molecule has 0 radical (unpaired) electrons. The van der Waals surface area contributed by atoms with Crippen molar-refractivity contribution in [3.8, 4) is 0 Å². The van der Waals surface area contributed by atoms with Crippen LogP contribution in [0, 0.1) is 0 Å². The Morgan fingerprint density at radius 1 is 1.17 bits per heavy atom. The van der Waals surface area contributed by atoms with E-state index in [2.05, 4.69) is 4.74 Å². The first-order valence-electron chi connectivity index (χ1n) is 6.59. The molecule has 0 bridgehead atoms. The predicted octanol–water partition coefficient (Wildman–Crippen LogP) is 2.61. The van der Waals surface area contributed by atoms with Gasteiger partial charge >= 0.3 is 5.97 Å². The number of hydrogen-bond donors (Lipinski definition) is 1. The molecule has 1 atom stereocenters. The lowest BCUT2D eigenvalue weighted by molar-refractivity contribution is 0.0600. The van der Waals surface area contributed by atoms with E-state index in [-0.39, 0.29) is 16.0 Å². The van der Waals surface area contributed by atoms with Crippen LogP contribution in [0.4, 0.5) is 0 Å². The Hall–Kier alpha value is -1.89. The van der Waals surface area contributed by atoms with Crippen molar-refractivity contribution in [1.29, 1.82) is 0 Å². The third-order valence-corrected chi connectivity index (χ3v) is 4.59. The summed E-state index contributed by atoms with van der Waals surface area (Å²) in [6.07, 6.45) is -0.0994. The van der Waals surface area contributed by atoms with E-state index in [9.17, 15) is 18.3 Å². The van der Waals surface area contributed by atoms with Gasteiger partial charge in [0.1, 0.15) is 6.10 Å². The van der Waals surface area contributed by atoms with Crippen molar-refractivity contribution >= 4 is 27.4 Å². The van der Waals surface area contributed by atoms with Gasteiger partial charge in [-0.05, 0) is 41.5 Å². The average molecular weight is 355 g/mol. The number of methoxy groups -OCH3 is 1. The second kappa shape index (κ2) is 6.70. The highest BCUT2D eigenvalue weighted by molar-refractivity contribution is 7.90. The molecule has 122 valence electrons. The first-order valence-corrected chi connectivity index (χ1v) is 8.86. The van der Waals surface area contributed by atoms with E-state index in [0.717, 1.165) is 6.26 Å². The maximum atomic E-state index is 11.8. The molecule has 0 aromatic heterocycles. The molecule has 0 spiro atoms. The number of carbonyl (C=O) groups excluding carboxylic acids is 1. The maximum Gasteiger partial charge on any atom is 0.337 e. The summed E-state index contributed by atoms with van der Waals surface area (Å²) < 4.78 is 28.2. The third kappa shape index (κ3) is 4.10. The summed E-state index contributed by atoms with van der Waals surface area (Å²) in [6, 6.07) is 10.5. The van der Waals surface area contributed by atoms with Crippen LogP contribution in [0.15, 0.2) is 47.4 Å². The zero-order valence-electron chi connectivity index (χ0n) is 12.5. The van der Waals surface area contributed by atoms with Crippen molar-refractivity contribution in [2.24, 2.45) is 0 Å². The zero-order chi connectivity index (χ0) is 17.2. The molecule has 0 fully saturated rings. The standard InChI is InChI=1S/C16H15ClO5S/c1-22-16(19)12-6-11(8-14(9-12)23(2,20)21)15(18)10-4-3-5-13(17)7-10/h3-9,15,18H,1-2H3. The molecule has 1 N–H and O–H groups in total. The zero-order valence-corrected chi connectivity index (χ0v) is 14.1. The Morgan fingerprint density at radius 2 is 1.87 bits per heavy atom. The molecule has 0 aliphatic heterocycles. The summed E-state index contributed by atoms with van der Waals surface area (Å²) in [5.74, 6) is -0.685. The number of carbonyl (C=O) groups is 1. The van der Waals surface area contributed by atoms with Crippen molar-refractivity contribution in [1.82, 2.24) is 0 Å². The van der Waals surface area contributed by atoms with Gasteiger partial charge in [0.25, 0.3) is 0 Å². The summed E-state index contributed by atoms with van der Waals surface area (Å²) in [6.45, 7) is 0. The predicted molar refractivity (Wildman–Crippen MR) is 86.4 cm³/mol. The number of halogens is 1. The molecule has 2 aromatic carbocycles. The lowest BCUT2D eigenvalue weighted by atomic mass is 10.00. The minimum absolute atomic E-state index is 0.0477. The van der Waals surface area contributed by atoms with Crippen molar-refractivity contribution in [2.45, 2.75) is 11.0 Å². The molecule has 0 amide bonds. The SMILES string of the molecule is COC(=O)c1cc(C(O)c2cccc(Cl)c2)cc(S(C)(=O)=O)c1. The van der Waals surface area contributed by atoms with E-state index < -0.39 is 21.9 Å². The van der Waals surface area contributed by atoms with Gasteiger partial charge in [0.15, 0.2) is 9.84 Å². The van der Waals surface area contributed by atoms with Gasteiger partial charge in [-0.15, -0.1) is 0 Å². The Bertz CT molecular complexity index is 845. The quantitative estimate of drug-likeness (QED) is 0.853. The van der Waals surface area contributed by atoms with Crippen LogP contribution < -0.4 is 0 Å². The fourth-order valence-electron chi connectivity index (χ4n) is 2.10. The smallest absolute Gasteiger partial charge is 0.337 e. The number of hydrogen-bond acceptors (Lipinski definition) is 5. The monoisotopic (exact) mass is 354 g/mol. The summed E-state index contributed by atoms with van der Waals surface area (Å²) in [4.78, 5) is 11.7. The molecule has 0 saturated heterocycles. The van der Waals surface area contributed by atoms with Gasteiger partial charge in [-0.25, -0.2) is 13.2 Å². The highest BCUT2D eigenvalue weighted by atomic mass is 35.5. The molecule has 23 heavy (non-hydrogen) atoms. The van der Waals surface area contributed by atoms with Crippen molar-refractivity contribution < 1.29 is 23.1 Å². The van der Waals surface area contributed by atoms with Crippen LogP contribution in [0.2, 0.25) is 5.02 Å². The maximum absolute atomic E-state index is 11.8. The van der Waals surface area contributed by atoms with Crippen molar-refractivity contribution in [3.05, 3.63) is 64.2 Å². The number of sulfone groups is 1. The topological polar surface area (TPSA) is 80.7 Å². The Kier molecular flexibility index (Phi) is 5.09.